The van der Waals surface area contributed by atoms with Crippen LogP contribution in [0, 0.1) is 12.3 Å². The summed E-state index contributed by atoms with van der Waals surface area (Å²) in [5.41, 5.74) is 0. The second-order valence-electron chi connectivity index (χ2n) is 3.48. The third kappa shape index (κ3) is 9.74. The van der Waals surface area contributed by atoms with E-state index in [1.54, 1.807) is 7.11 Å². The zero-order chi connectivity index (χ0) is 11.4. The Morgan fingerprint density at radius 1 is 1.27 bits per heavy atom. The van der Waals surface area contributed by atoms with E-state index in [4.69, 9.17) is 15.9 Å². The summed E-state index contributed by atoms with van der Waals surface area (Å²) in [4.78, 5) is 0. The van der Waals surface area contributed by atoms with Gasteiger partial charge in [-0.1, -0.05) is 0 Å². The number of methoxy groups -OCH3 is 1. The van der Waals surface area contributed by atoms with Crippen LogP contribution < -0.4 is 5.32 Å². The summed E-state index contributed by atoms with van der Waals surface area (Å²) in [6, 6.07) is 0.515. The number of terminal acetylenes is 1. The van der Waals surface area contributed by atoms with Gasteiger partial charge in [0.2, 0.25) is 0 Å². The smallest absolute Gasteiger partial charge is 0.0700 e. The van der Waals surface area contributed by atoms with Gasteiger partial charge >= 0.3 is 0 Å². The summed E-state index contributed by atoms with van der Waals surface area (Å²) in [7, 11) is 3.66. The lowest BCUT2D eigenvalue weighted by Crippen LogP contribution is -2.26. The zero-order valence-electron chi connectivity index (χ0n) is 9.92. The van der Waals surface area contributed by atoms with Crippen molar-refractivity contribution in [3.05, 3.63) is 0 Å². The highest BCUT2D eigenvalue weighted by molar-refractivity contribution is 4.83. The van der Waals surface area contributed by atoms with Gasteiger partial charge in [-0.15, -0.1) is 12.3 Å². The van der Waals surface area contributed by atoms with Crippen LogP contribution in [0.4, 0.5) is 0 Å². The topological polar surface area (TPSA) is 30.5 Å². The quantitative estimate of drug-likeness (QED) is 0.440. The zero-order valence-corrected chi connectivity index (χ0v) is 9.92. The summed E-state index contributed by atoms with van der Waals surface area (Å²) in [5.74, 6) is 2.66. The molecule has 1 N–H and O–H groups in total. The van der Waals surface area contributed by atoms with E-state index >= 15 is 0 Å². The highest BCUT2D eigenvalue weighted by Gasteiger charge is 2.04. The van der Waals surface area contributed by atoms with Gasteiger partial charge in [0.25, 0.3) is 0 Å². The average molecular weight is 213 g/mol. The molecule has 0 saturated heterocycles. The minimum Gasteiger partial charge on any atom is -0.382 e. The summed E-state index contributed by atoms with van der Waals surface area (Å²) in [6.07, 6.45) is 9.30. The van der Waals surface area contributed by atoms with E-state index in [0.717, 1.165) is 32.3 Å². The molecule has 3 heteroatoms. The first kappa shape index (κ1) is 14.4. The third-order valence-electron chi connectivity index (χ3n) is 2.32. The molecule has 0 radical (unpaired) electrons. The standard InChI is InChI=1S/C12H23NO2/c1-4-5-6-7-12(13-2)8-9-15-11-10-14-3/h1,12-13H,5-11H2,2-3H3. The number of unbranched alkanes of at least 4 members (excludes halogenated alkanes) is 1. The highest BCUT2D eigenvalue weighted by atomic mass is 16.5. The molecule has 0 rings (SSSR count). The van der Waals surface area contributed by atoms with Crippen LogP contribution in [0.25, 0.3) is 0 Å². The maximum atomic E-state index is 5.41. The van der Waals surface area contributed by atoms with E-state index in [2.05, 4.69) is 11.2 Å². The molecule has 1 unspecified atom stereocenters. The lowest BCUT2D eigenvalue weighted by atomic mass is 10.1. The number of hydrogen-bond donors (Lipinski definition) is 1. The fourth-order valence-electron chi connectivity index (χ4n) is 1.35. The summed E-state index contributed by atoms with van der Waals surface area (Å²) < 4.78 is 10.3. The first-order valence-corrected chi connectivity index (χ1v) is 5.52. The minimum absolute atomic E-state index is 0.515. The van der Waals surface area contributed by atoms with Crippen LogP contribution in [0.5, 0.6) is 0 Å². The van der Waals surface area contributed by atoms with Gasteiger partial charge in [-0.3, -0.25) is 0 Å². The van der Waals surface area contributed by atoms with Gasteiger partial charge in [0, 0.05) is 26.2 Å². The Morgan fingerprint density at radius 3 is 2.67 bits per heavy atom. The average Bonchev–Trinajstić information content (AvgIpc) is 2.26. The van der Waals surface area contributed by atoms with Crippen molar-refractivity contribution in [1.29, 1.82) is 0 Å². The summed E-state index contributed by atoms with van der Waals surface area (Å²) in [6.45, 7) is 2.13. The maximum Gasteiger partial charge on any atom is 0.0700 e. The molecule has 0 amide bonds. The molecule has 88 valence electrons. The van der Waals surface area contributed by atoms with Gasteiger partial charge in [-0.2, -0.15) is 0 Å². The van der Waals surface area contributed by atoms with Crippen LogP contribution in [-0.4, -0.2) is 40.0 Å². The third-order valence-corrected chi connectivity index (χ3v) is 2.32. The van der Waals surface area contributed by atoms with Crippen molar-refractivity contribution in [2.75, 3.05) is 34.0 Å². The fraction of sp³-hybridized carbons (Fsp3) is 0.833. The molecule has 0 spiro atoms. The Bertz CT molecular complexity index is 165. The van der Waals surface area contributed by atoms with E-state index in [1.807, 2.05) is 7.05 Å². The maximum absolute atomic E-state index is 5.41. The minimum atomic E-state index is 0.515. The van der Waals surface area contributed by atoms with Crippen LogP contribution in [0.15, 0.2) is 0 Å². The lowest BCUT2D eigenvalue weighted by Gasteiger charge is -2.15. The molecular formula is C12H23NO2. The van der Waals surface area contributed by atoms with Gasteiger partial charge in [0.1, 0.15) is 0 Å². The molecule has 0 saturated carbocycles. The number of ether oxygens (including phenoxy) is 2. The molecule has 0 fully saturated rings. The van der Waals surface area contributed by atoms with Crippen LogP contribution >= 0.6 is 0 Å². The second kappa shape index (κ2) is 11.5. The van der Waals surface area contributed by atoms with Crippen molar-refractivity contribution in [1.82, 2.24) is 5.32 Å². The van der Waals surface area contributed by atoms with Crippen LogP contribution in [0.2, 0.25) is 0 Å². The first-order chi connectivity index (χ1) is 7.35. The molecule has 3 nitrogen and oxygen atoms in total. The molecule has 1 atom stereocenters. The molecular weight excluding hydrogens is 190 g/mol. The molecule has 0 aromatic carbocycles. The van der Waals surface area contributed by atoms with Crippen LogP contribution in [-0.2, 0) is 9.47 Å². The molecule has 0 aromatic rings. The van der Waals surface area contributed by atoms with E-state index in [0.29, 0.717) is 19.3 Å². The van der Waals surface area contributed by atoms with Gasteiger partial charge in [-0.05, 0) is 26.3 Å². The molecule has 0 aliphatic carbocycles. The first-order valence-electron chi connectivity index (χ1n) is 5.52. The molecule has 0 aliphatic rings. The predicted octanol–water partition coefficient (Wildman–Crippen LogP) is 1.43. The highest BCUT2D eigenvalue weighted by Crippen LogP contribution is 2.04. The van der Waals surface area contributed by atoms with Gasteiger partial charge < -0.3 is 14.8 Å². The Balaban J connectivity index is 3.32. The number of hydrogen-bond acceptors (Lipinski definition) is 3. The SMILES string of the molecule is C#CCCCC(CCOCCOC)NC. The van der Waals surface area contributed by atoms with Gasteiger partial charge in [-0.25, -0.2) is 0 Å². The van der Waals surface area contributed by atoms with Crippen molar-refractivity contribution in [3.63, 3.8) is 0 Å². The van der Waals surface area contributed by atoms with E-state index in [1.165, 1.54) is 0 Å². The van der Waals surface area contributed by atoms with Crippen molar-refractivity contribution < 1.29 is 9.47 Å². The summed E-state index contributed by atoms with van der Waals surface area (Å²) in [5, 5.41) is 3.27. The van der Waals surface area contributed by atoms with Crippen LogP contribution in [0.1, 0.15) is 25.7 Å². The molecule has 0 aliphatic heterocycles. The van der Waals surface area contributed by atoms with Crippen molar-refractivity contribution in [3.8, 4) is 12.3 Å². The van der Waals surface area contributed by atoms with Crippen LogP contribution in [0.3, 0.4) is 0 Å². The van der Waals surface area contributed by atoms with Crippen molar-refractivity contribution in [2.45, 2.75) is 31.7 Å². The van der Waals surface area contributed by atoms with E-state index in [-0.39, 0.29) is 0 Å². The predicted molar refractivity (Wildman–Crippen MR) is 62.8 cm³/mol. The molecule has 15 heavy (non-hydrogen) atoms. The van der Waals surface area contributed by atoms with Crippen molar-refractivity contribution in [2.24, 2.45) is 0 Å². The normalized spacial score (nSPS) is 12.3. The lowest BCUT2D eigenvalue weighted by molar-refractivity contribution is 0.0657. The number of rotatable bonds is 10. The number of nitrogens with one attached hydrogen (secondary N) is 1. The van der Waals surface area contributed by atoms with Gasteiger partial charge in [0.15, 0.2) is 0 Å². The summed E-state index contributed by atoms with van der Waals surface area (Å²) >= 11 is 0. The van der Waals surface area contributed by atoms with E-state index in [9.17, 15) is 0 Å². The molecule has 0 aromatic heterocycles. The monoisotopic (exact) mass is 213 g/mol. The fourth-order valence-corrected chi connectivity index (χ4v) is 1.35. The van der Waals surface area contributed by atoms with E-state index < -0.39 is 0 Å². The second-order valence-corrected chi connectivity index (χ2v) is 3.48. The Labute approximate surface area is 93.5 Å². The molecule has 0 heterocycles. The largest absolute Gasteiger partial charge is 0.382 e. The molecule has 0 bridgehead atoms. The Kier molecular flexibility index (Phi) is 11.1. The van der Waals surface area contributed by atoms with Crippen molar-refractivity contribution >= 4 is 0 Å². The Morgan fingerprint density at radius 2 is 2.07 bits per heavy atom. The van der Waals surface area contributed by atoms with Gasteiger partial charge in [0.05, 0.1) is 13.2 Å². The Hall–Kier alpha value is -0.560.